The highest BCUT2D eigenvalue weighted by Gasteiger charge is 2.29. The van der Waals surface area contributed by atoms with Gasteiger partial charge in [-0.3, -0.25) is 9.59 Å². The fraction of sp³-hybridized carbons (Fsp3) is 0.409. The lowest BCUT2D eigenvalue weighted by atomic mass is 9.85. The van der Waals surface area contributed by atoms with Crippen LogP contribution in [0.15, 0.2) is 24.3 Å². The SMILES string of the molecule is Cc1cccc(Cl)c1C(=O)n1nc(C2=CCC(C(=O)O)CC2)c2c1CCCC2. The summed E-state index contributed by atoms with van der Waals surface area (Å²) in [5.41, 5.74) is 5.39. The molecule has 0 amide bonds. The standard InChI is InChI=1S/C22H23ClN2O3/c1-13-5-4-7-17(23)19(13)21(26)25-18-8-3-2-6-16(18)20(24-25)14-9-11-15(12-10-14)22(27)28/h4-5,7,9,15H,2-3,6,8,10-12H2,1H3,(H,27,28). The molecule has 0 saturated carbocycles. The van der Waals surface area contributed by atoms with E-state index in [0.717, 1.165) is 53.8 Å². The van der Waals surface area contributed by atoms with Crippen molar-refractivity contribution < 1.29 is 14.7 Å². The number of aromatic nitrogens is 2. The zero-order chi connectivity index (χ0) is 19.8. The fourth-order valence-corrected chi connectivity index (χ4v) is 4.61. The molecule has 1 atom stereocenters. The molecule has 6 heteroatoms. The smallest absolute Gasteiger partial charge is 0.306 e. The minimum atomic E-state index is -0.743. The lowest BCUT2D eigenvalue weighted by molar-refractivity contribution is -0.141. The van der Waals surface area contributed by atoms with Gasteiger partial charge in [0.05, 0.1) is 27.9 Å². The summed E-state index contributed by atoms with van der Waals surface area (Å²) in [6, 6.07) is 5.45. The Balaban J connectivity index is 1.76. The molecule has 0 fully saturated rings. The molecule has 0 radical (unpaired) electrons. The van der Waals surface area contributed by atoms with Crippen molar-refractivity contribution >= 4 is 29.1 Å². The number of allylic oxidation sites excluding steroid dienone is 2. The van der Waals surface area contributed by atoms with Crippen LogP contribution < -0.4 is 0 Å². The molecule has 1 aromatic heterocycles. The van der Waals surface area contributed by atoms with Crippen LogP contribution in [0.3, 0.4) is 0 Å². The van der Waals surface area contributed by atoms with Gasteiger partial charge >= 0.3 is 5.97 Å². The number of rotatable bonds is 3. The van der Waals surface area contributed by atoms with Crippen LogP contribution in [0.1, 0.15) is 65.0 Å². The minimum Gasteiger partial charge on any atom is -0.481 e. The number of nitrogens with zero attached hydrogens (tertiary/aromatic N) is 2. The topological polar surface area (TPSA) is 72.2 Å². The van der Waals surface area contributed by atoms with E-state index in [0.29, 0.717) is 29.8 Å². The molecule has 4 rings (SSSR count). The average molecular weight is 399 g/mol. The number of fused-ring (bicyclic) bond motifs is 1. The van der Waals surface area contributed by atoms with Crippen LogP contribution in [0, 0.1) is 12.8 Å². The fourth-order valence-electron chi connectivity index (χ4n) is 4.31. The Labute approximate surface area is 169 Å². The van der Waals surface area contributed by atoms with E-state index in [1.807, 2.05) is 25.1 Å². The third kappa shape index (κ3) is 3.28. The van der Waals surface area contributed by atoms with Gasteiger partial charge in [-0.25, -0.2) is 0 Å². The summed E-state index contributed by atoms with van der Waals surface area (Å²) in [6.07, 6.45) is 7.64. The number of benzene rings is 1. The second kappa shape index (κ2) is 7.55. The normalized spacial score (nSPS) is 19.1. The average Bonchev–Trinajstić information content (AvgIpc) is 3.07. The first kappa shape index (κ1) is 18.9. The number of aryl methyl sites for hydroxylation is 1. The quantitative estimate of drug-likeness (QED) is 0.814. The molecule has 0 saturated heterocycles. The van der Waals surface area contributed by atoms with Crippen LogP contribution in [-0.4, -0.2) is 26.8 Å². The van der Waals surface area contributed by atoms with Gasteiger partial charge in [0.1, 0.15) is 0 Å². The maximum atomic E-state index is 13.3. The van der Waals surface area contributed by atoms with Gasteiger partial charge in [-0.2, -0.15) is 9.78 Å². The number of carbonyl (C=O) groups excluding carboxylic acids is 1. The first-order valence-corrected chi connectivity index (χ1v) is 10.2. The van der Waals surface area contributed by atoms with Gasteiger partial charge in [-0.1, -0.05) is 29.8 Å². The molecule has 146 valence electrons. The van der Waals surface area contributed by atoms with Crippen molar-refractivity contribution in [3.05, 3.63) is 57.4 Å². The third-order valence-corrected chi connectivity index (χ3v) is 6.19. The van der Waals surface area contributed by atoms with Gasteiger partial charge in [-0.05, 0) is 69.1 Å². The summed E-state index contributed by atoms with van der Waals surface area (Å²) >= 11 is 6.33. The Morgan fingerprint density at radius 1 is 1.21 bits per heavy atom. The van der Waals surface area contributed by atoms with Crippen LogP contribution in [-0.2, 0) is 17.6 Å². The molecule has 2 aromatic rings. The molecule has 2 aliphatic carbocycles. The zero-order valence-electron chi connectivity index (χ0n) is 15.9. The number of hydrogen-bond donors (Lipinski definition) is 1. The number of carbonyl (C=O) groups is 2. The molecule has 5 nitrogen and oxygen atoms in total. The monoisotopic (exact) mass is 398 g/mol. The highest BCUT2D eigenvalue weighted by Crippen LogP contribution is 2.35. The maximum Gasteiger partial charge on any atom is 0.306 e. The van der Waals surface area contributed by atoms with Crippen molar-refractivity contribution in [1.29, 1.82) is 0 Å². The van der Waals surface area contributed by atoms with E-state index in [1.54, 1.807) is 10.7 Å². The Bertz CT molecular complexity index is 970. The lowest BCUT2D eigenvalue weighted by Crippen LogP contribution is -2.19. The van der Waals surface area contributed by atoms with Crippen LogP contribution in [0.2, 0.25) is 5.02 Å². The number of carboxylic acid groups (broad SMARTS) is 1. The molecular formula is C22H23ClN2O3. The molecule has 1 aromatic carbocycles. The molecule has 0 bridgehead atoms. The Hall–Kier alpha value is -2.40. The molecule has 0 spiro atoms. The van der Waals surface area contributed by atoms with Crippen LogP contribution in [0.25, 0.3) is 5.57 Å². The predicted octanol–water partition coefficient (Wildman–Crippen LogP) is 4.68. The van der Waals surface area contributed by atoms with Crippen LogP contribution in [0.5, 0.6) is 0 Å². The van der Waals surface area contributed by atoms with E-state index in [4.69, 9.17) is 16.7 Å². The second-order valence-corrected chi connectivity index (χ2v) is 8.08. The number of halogens is 1. The van der Waals surface area contributed by atoms with Crippen LogP contribution >= 0.6 is 11.6 Å². The minimum absolute atomic E-state index is 0.188. The van der Waals surface area contributed by atoms with Crippen molar-refractivity contribution in [2.75, 3.05) is 0 Å². The van der Waals surface area contributed by atoms with Gasteiger partial charge in [0.2, 0.25) is 0 Å². The summed E-state index contributed by atoms with van der Waals surface area (Å²) in [5, 5.41) is 14.4. The summed E-state index contributed by atoms with van der Waals surface area (Å²) < 4.78 is 1.54. The van der Waals surface area contributed by atoms with Crippen molar-refractivity contribution in [2.24, 2.45) is 5.92 Å². The number of hydrogen-bond acceptors (Lipinski definition) is 3. The summed E-state index contributed by atoms with van der Waals surface area (Å²) in [5.74, 6) is -1.26. The van der Waals surface area contributed by atoms with Crippen molar-refractivity contribution in [2.45, 2.75) is 51.9 Å². The van der Waals surface area contributed by atoms with E-state index in [1.165, 1.54) is 0 Å². The lowest BCUT2D eigenvalue weighted by Gasteiger charge is -2.19. The van der Waals surface area contributed by atoms with Gasteiger partial charge in [-0.15, -0.1) is 0 Å². The van der Waals surface area contributed by atoms with Gasteiger partial charge in [0.25, 0.3) is 5.91 Å². The zero-order valence-corrected chi connectivity index (χ0v) is 16.6. The summed E-state index contributed by atoms with van der Waals surface area (Å²) in [6.45, 7) is 1.88. The predicted molar refractivity (Wildman–Crippen MR) is 108 cm³/mol. The second-order valence-electron chi connectivity index (χ2n) is 7.67. The van der Waals surface area contributed by atoms with E-state index in [2.05, 4.69) is 0 Å². The Kier molecular flexibility index (Phi) is 5.11. The molecule has 28 heavy (non-hydrogen) atoms. The van der Waals surface area contributed by atoms with Crippen molar-refractivity contribution in [1.82, 2.24) is 9.78 Å². The molecular weight excluding hydrogens is 376 g/mol. The summed E-state index contributed by atoms with van der Waals surface area (Å²) in [7, 11) is 0. The van der Waals surface area contributed by atoms with E-state index in [9.17, 15) is 14.7 Å². The number of carboxylic acids is 1. The van der Waals surface area contributed by atoms with E-state index < -0.39 is 5.97 Å². The van der Waals surface area contributed by atoms with Gasteiger partial charge < -0.3 is 5.11 Å². The first-order valence-electron chi connectivity index (χ1n) is 9.80. The van der Waals surface area contributed by atoms with E-state index in [-0.39, 0.29) is 11.8 Å². The maximum absolute atomic E-state index is 13.3. The number of aliphatic carboxylic acids is 1. The molecule has 0 aliphatic heterocycles. The van der Waals surface area contributed by atoms with Crippen molar-refractivity contribution in [3.8, 4) is 0 Å². The Morgan fingerprint density at radius 2 is 2.00 bits per heavy atom. The van der Waals surface area contributed by atoms with Gasteiger partial charge in [0.15, 0.2) is 0 Å². The highest BCUT2D eigenvalue weighted by molar-refractivity contribution is 6.34. The molecule has 2 aliphatic rings. The Morgan fingerprint density at radius 3 is 2.68 bits per heavy atom. The summed E-state index contributed by atoms with van der Waals surface area (Å²) in [4.78, 5) is 24.6. The van der Waals surface area contributed by atoms with E-state index >= 15 is 0 Å². The van der Waals surface area contributed by atoms with Crippen LogP contribution in [0.4, 0.5) is 0 Å². The third-order valence-electron chi connectivity index (χ3n) is 5.87. The van der Waals surface area contributed by atoms with Crippen molar-refractivity contribution in [3.63, 3.8) is 0 Å². The molecule has 1 unspecified atom stereocenters. The highest BCUT2D eigenvalue weighted by atomic mass is 35.5. The first-order chi connectivity index (χ1) is 13.5. The molecule has 1 N–H and O–H groups in total. The largest absolute Gasteiger partial charge is 0.481 e. The van der Waals surface area contributed by atoms with Gasteiger partial charge in [0, 0.05) is 5.56 Å². The molecule has 1 heterocycles.